The van der Waals surface area contributed by atoms with Gasteiger partial charge in [0, 0.05) is 24.1 Å². The van der Waals surface area contributed by atoms with Crippen molar-refractivity contribution < 1.29 is 23.1 Å². The minimum atomic E-state index is -0.926. The Hall–Kier alpha value is -2.67. The quantitative estimate of drug-likeness (QED) is 0.639. The van der Waals surface area contributed by atoms with Crippen LogP contribution < -0.4 is 15.4 Å². The van der Waals surface area contributed by atoms with Gasteiger partial charge in [-0.25, -0.2) is 8.78 Å². The maximum absolute atomic E-state index is 13.5. The first kappa shape index (κ1) is 20.6. The Bertz CT molecular complexity index is 802. The summed E-state index contributed by atoms with van der Waals surface area (Å²) in [7, 11) is 0. The molecule has 0 saturated heterocycles. The molecule has 0 aliphatic rings. The van der Waals surface area contributed by atoms with Gasteiger partial charge in [-0.3, -0.25) is 9.59 Å². The van der Waals surface area contributed by atoms with Crippen molar-refractivity contribution in [3.8, 4) is 5.75 Å². The summed E-state index contributed by atoms with van der Waals surface area (Å²) in [6, 6.07) is 9.68. The van der Waals surface area contributed by atoms with E-state index in [0.29, 0.717) is 36.4 Å². The zero-order chi connectivity index (χ0) is 19.6. The summed E-state index contributed by atoms with van der Waals surface area (Å²) in [6.45, 7) is 0.827. The molecule has 2 aromatic rings. The number of carbonyl (C=O) groups excluding carboxylic acids is 2. The van der Waals surface area contributed by atoms with E-state index in [2.05, 4.69) is 10.6 Å². The summed E-state index contributed by atoms with van der Waals surface area (Å²) < 4.78 is 31.7. The van der Waals surface area contributed by atoms with Crippen LogP contribution in [0.15, 0.2) is 42.5 Å². The van der Waals surface area contributed by atoms with Crippen LogP contribution in [0, 0.1) is 11.6 Å². The minimum absolute atomic E-state index is 0.188. The number of halogens is 3. The monoisotopic (exact) mass is 396 g/mol. The molecule has 27 heavy (non-hydrogen) atoms. The molecule has 0 aliphatic carbocycles. The van der Waals surface area contributed by atoms with Crippen molar-refractivity contribution in [2.45, 2.75) is 12.8 Å². The fourth-order valence-corrected chi connectivity index (χ4v) is 2.40. The standard InChI is InChI=1S/C19H19ClF2N2O3/c20-13-3-1-4-15(11-13)27-10-9-23-18(25)5-2-8-24-19(26)16-7-6-14(21)12-17(16)22/h1,3-4,6-7,11-12H,2,5,8-10H2,(H,23,25)(H,24,26). The van der Waals surface area contributed by atoms with E-state index in [0.717, 1.165) is 12.1 Å². The van der Waals surface area contributed by atoms with Gasteiger partial charge in [0.2, 0.25) is 5.91 Å². The third-order valence-electron chi connectivity index (χ3n) is 3.53. The zero-order valence-corrected chi connectivity index (χ0v) is 15.2. The fourth-order valence-electron chi connectivity index (χ4n) is 2.22. The van der Waals surface area contributed by atoms with Gasteiger partial charge in [-0.2, -0.15) is 0 Å². The maximum atomic E-state index is 13.5. The lowest BCUT2D eigenvalue weighted by atomic mass is 10.2. The van der Waals surface area contributed by atoms with Crippen LogP contribution in [0.25, 0.3) is 0 Å². The number of carbonyl (C=O) groups is 2. The fraction of sp³-hybridized carbons (Fsp3) is 0.263. The number of hydrogen-bond donors (Lipinski definition) is 2. The second-order valence-electron chi connectivity index (χ2n) is 5.64. The van der Waals surface area contributed by atoms with Crippen LogP contribution in [0.2, 0.25) is 5.02 Å². The number of rotatable bonds is 9. The van der Waals surface area contributed by atoms with Crippen molar-refractivity contribution in [3.63, 3.8) is 0 Å². The number of nitrogens with one attached hydrogen (secondary N) is 2. The van der Waals surface area contributed by atoms with Crippen LogP contribution in [0.1, 0.15) is 23.2 Å². The van der Waals surface area contributed by atoms with Gasteiger partial charge in [-0.15, -0.1) is 0 Å². The topological polar surface area (TPSA) is 67.4 Å². The highest BCUT2D eigenvalue weighted by Gasteiger charge is 2.12. The average molecular weight is 397 g/mol. The molecule has 144 valence electrons. The SMILES string of the molecule is O=C(CCCNC(=O)c1ccc(F)cc1F)NCCOc1cccc(Cl)c1. The lowest BCUT2D eigenvalue weighted by Crippen LogP contribution is -2.30. The molecule has 0 saturated carbocycles. The predicted molar refractivity (Wildman–Crippen MR) is 97.9 cm³/mol. The molecule has 8 heteroatoms. The summed E-state index contributed by atoms with van der Waals surface area (Å²) in [5, 5.41) is 5.75. The van der Waals surface area contributed by atoms with Gasteiger partial charge in [0.1, 0.15) is 24.0 Å². The highest BCUT2D eigenvalue weighted by atomic mass is 35.5. The van der Waals surface area contributed by atoms with E-state index in [4.69, 9.17) is 16.3 Å². The molecule has 0 heterocycles. The number of hydrogen-bond acceptors (Lipinski definition) is 3. The molecule has 0 unspecified atom stereocenters. The summed E-state index contributed by atoms with van der Waals surface area (Å²) in [4.78, 5) is 23.5. The van der Waals surface area contributed by atoms with E-state index in [9.17, 15) is 18.4 Å². The van der Waals surface area contributed by atoms with Crippen molar-refractivity contribution in [2.75, 3.05) is 19.7 Å². The number of amides is 2. The van der Waals surface area contributed by atoms with Crippen LogP contribution in [0.4, 0.5) is 8.78 Å². The molecule has 2 rings (SSSR count). The van der Waals surface area contributed by atoms with Crippen molar-refractivity contribution in [3.05, 3.63) is 64.7 Å². The summed E-state index contributed by atoms with van der Waals surface area (Å²) in [5.74, 6) is -1.90. The number of ether oxygens (including phenoxy) is 1. The Morgan fingerprint density at radius 1 is 1.04 bits per heavy atom. The first-order valence-electron chi connectivity index (χ1n) is 8.34. The highest BCUT2D eigenvalue weighted by molar-refractivity contribution is 6.30. The third-order valence-corrected chi connectivity index (χ3v) is 3.77. The predicted octanol–water partition coefficient (Wildman–Crippen LogP) is 3.32. The second-order valence-corrected chi connectivity index (χ2v) is 6.08. The van der Waals surface area contributed by atoms with Crippen molar-refractivity contribution in [1.82, 2.24) is 10.6 Å². The van der Waals surface area contributed by atoms with Crippen LogP contribution in [-0.2, 0) is 4.79 Å². The van der Waals surface area contributed by atoms with Gasteiger partial charge in [0.15, 0.2) is 0 Å². The Morgan fingerprint density at radius 2 is 1.85 bits per heavy atom. The zero-order valence-electron chi connectivity index (χ0n) is 14.4. The van der Waals surface area contributed by atoms with E-state index < -0.39 is 17.5 Å². The normalized spacial score (nSPS) is 10.3. The molecule has 0 atom stereocenters. The molecular formula is C19H19ClF2N2O3. The first-order valence-corrected chi connectivity index (χ1v) is 8.72. The van der Waals surface area contributed by atoms with E-state index in [1.165, 1.54) is 0 Å². The van der Waals surface area contributed by atoms with Crippen LogP contribution in [0.3, 0.4) is 0 Å². The molecule has 0 aromatic heterocycles. The molecule has 5 nitrogen and oxygen atoms in total. The van der Waals surface area contributed by atoms with Crippen molar-refractivity contribution in [1.29, 1.82) is 0 Å². The Labute approximate surface area is 160 Å². The Morgan fingerprint density at radius 3 is 2.59 bits per heavy atom. The lowest BCUT2D eigenvalue weighted by Gasteiger charge is -2.09. The van der Waals surface area contributed by atoms with Gasteiger partial charge >= 0.3 is 0 Å². The first-order chi connectivity index (χ1) is 13.0. The van der Waals surface area contributed by atoms with Gasteiger partial charge in [0.25, 0.3) is 5.91 Å². The van der Waals surface area contributed by atoms with Crippen LogP contribution in [-0.4, -0.2) is 31.5 Å². The maximum Gasteiger partial charge on any atom is 0.254 e. The summed E-state index contributed by atoms with van der Waals surface area (Å²) >= 11 is 5.84. The minimum Gasteiger partial charge on any atom is -0.492 e. The molecule has 0 fully saturated rings. The van der Waals surface area contributed by atoms with Gasteiger partial charge < -0.3 is 15.4 Å². The molecule has 2 amide bonds. The molecule has 2 aromatic carbocycles. The van der Waals surface area contributed by atoms with Crippen LogP contribution >= 0.6 is 11.6 Å². The van der Waals surface area contributed by atoms with Gasteiger partial charge in [-0.05, 0) is 36.8 Å². The molecule has 0 radical (unpaired) electrons. The van der Waals surface area contributed by atoms with Crippen LogP contribution in [0.5, 0.6) is 5.75 Å². The van der Waals surface area contributed by atoms with Crippen molar-refractivity contribution >= 4 is 23.4 Å². The van der Waals surface area contributed by atoms with Gasteiger partial charge in [-0.1, -0.05) is 17.7 Å². The Balaban J connectivity index is 1.58. The third kappa shape index (κ3) is 7.22. The van der Waals surface area contributed by atoms with E-state index in [1.807, 2.05) is 0 Å². The average Bonchev–Trinajstić information content (AvgIpc) is 2.62. The summed E-state index contributed by atoms with van der Waals surface area (Å²) in [6.07, 6.45) is 0.582. The smallest absolute Gasteiger partial charge is 0.254 e. The molecule has 0 spiro atoms. The molecule has 0 aliphatic heterocycles. The van der Waals surface area contributed by atoms with E-state index in [1.54, 1.807) is 24.3 Å². The number of benzene rings is 2. The highest BCUT2D eigenvalue weighted by Crippen LogP contribution is 2.16. The molecular weight excluding hydrogens is 378 g/mol. The van der Waals surface area contributed by atoms with Crippen molar-refractivity contribution in [2.24, 2.45) is 0 Å². The van der Waals surface area contributed by atoms with E-state index in [-0.39, 0.29) is 24.4 Å². The Kier molecular flexibility index (Phi) is 8.00. The summed E-state index contributed by atoms with van der Waals surface area (Å²) in [5.41, 5.74) is -0.237. The molecule has 2 N–H and O–H groups in total. The van der Waals surface area contributed by atoms with E-state index >= 15 is 0 Å². The lowest BCUT2D eigenvalue weighted by molar-refractivity contribution is -0.121. The largest absolute Gasteiger partial charge is 0.492 e. The molecule has 0 bridgehead atoms. The second kappa shape index (κ2) is 10.5. The van der Waals surface area contributed by atoms with Gasteiger partial charge in [0.05, 0.1) is 12.1 Å².